The molecule has 0 atom stereocenters. The van der Waals surface area contributed by atoms with Crippen molar-refractivity contribution in [2.75, 3.05) is 5.32 Å². The molecule has 0 aliphatic rings. The molecule has 1 aromatic carbocycles. The van der Waals surface area contributed by atoms with Crippen LogP contribution in [0.1, 0.15) is 21.6 Å². The van der Waals surface area contributed by atoms with Crippen molar-refractivity contribution < 1.29 is 19.1 Å². The average molecular weight is 294 g/mol. The van der Waals surface area contributed by atoms with Gasteiger partial charge < -0.3 is 5.11 Å². The van der Waals surface area contributed by atoms with Gasteiger partial charge in [-0.25, -0.2) is 9.37 Å². The molecule has 0 radical (unpaired) electrons. The lowest BCUT2D eigenvalue weighted by molar-refractivity contribution is -0.136. The molecular formula is C13H11FN2O3S. The van der Waals surface area contributed by atoms with E-state index in [2.05, 4.69) is 10.3 Å². The van der Waals surface area contributed by atoms with Crippen LogP contribution in [0.5, 0.6) is 0 Å². The zero-order valence-electron chi connectivity index (χ0n) is 10.5. The Kier molecular flexibility index (Phi) is 4.09. The van der Waals surface area contributed by atoms with Crippen molar-refractivity contribution in [3.05, 3.63) is 46.2 Å². The van der Waals surface area contributed by atoms with Gasteiger partial charge in [-0.3, -0.25) is 14.9 Å². The fraction of sp³-hybridized carbons (Fsp3) is 0.154. The van der Waals surface area contributed by atoms with Gasteiger partial charge in [0.25, 0.3) is 5.91 Å². The molecular weight excluding hydrogens is 283 g/mol. The van der Waals surface area contributed by atoms with E-state index in [0.29, 0.717) is 22.0 Å². The molecule has 0 spiro atoms. The second-order valence-corrected chi connectivity index (χ2v) is 4.99. The summed E-state index contributed by atoms with van der Waals surface area (Å²) < 4.78 is 13.0. The Bertz CT molecular complexity index is 669. The second-order valence-electron chi connectivity index (χ2n) is 4.13. The Morgan fingerprint density at radius 3 is 2.85 bits per heavy atom. The molecule has 1 heterocycles. The lowest BCUT2D eigenvalue weighted by Gasteiger charge is -2.05. The van der Waals surface area contributed by atoms with E-state index < -0.39 is 17.7 Å². The Labute approximate surface area is 118 Å². The number of carbonyl (C=O) groups excluding carboxylic acids is 1. The molecule has 0 aliphatic carbocycles. The Balaban J connectivity index is 2.11. The summed E-state index contributed by atoms with van der Waals surface area (Å²) in [4.78, 5) is 26.5. The highest BCUT2D eigenvalue weighted by atomic mass is 32.1. The number of carboxylic acids is 1. The van der Waals surface area contributed by atoms with Gasteiger partial charge in [-0.05, 0) is 30.7 Å². The molecule has 1 amide bonds. The third-order valence-corrected chi connectivity index (χ3v) is 3.34. The molecule has 20 heavy (non-hydrogen) atoms. The first kappa shape index (κ1) is 14.1. The highest BCUT2D eigenvalue weighted by Crippen LogP contribution is 2.18. The van der Waals surface area contributed by atoms with Crippen molar-refractivity contribution in [1.29, 1.82) is 0 Å². The number of amides is 1. The monoisotopic (exact) mass is 294 g/mol. The van der Waals surface area contributed by atoms with Gasteiger partial charge in [0.15, 0.2) is 5.13 Å². The van der Waals surface area contributed by atoms with E-state index in [1.807, 2.05) is 0 Å². The van der Waals surface area contributed by atoms with E-state index in [9.17, 15) is 14.0 Å². The Morgan fingerprint density at radius 2 is 2.20 bits per heavy atom. The van der Waals surface area contributed by atoms with Crippen LogP contribution in [-0.4, -0.2) is 22.0 Å². The minimum absolute atomic E-state index is 0.193. The maximum atomic E-state index is 13.0. The number of carbonyl (C=O) groups is 2. The number of aryl methyl sites for hydroxylation is 1. The smallest absolute Gasteiger partial charge is 0.309 e. The first-order valence-corrected chi connectivity index (χ1v) is 6.57. The molecule has 1 aromatic heterocycles. The number of aromatic nitrogens is 1. The predicted octanol–water partition coefficient (Wildman–Crippen LogP) is 2.47. The van der Waals surface area contributed by atoms with E-state index >= 15 is 0 Å². The maximum Gasteiger partial charge on any atom is 0.309 e. The summed E-state index contributed by atoms with van der Waals surface area (Å²) in [6, 6.07) is 3.87. The first-order valence-electron chi connectivity index (χ1n) is 5.69. The number of hydrogen-bond donors (Lipinski definition) is 2. The van der Waals surface area contributed by atoms with Crippen molar-refractivity contribution in [1.82, 2.24) is 4.98 Å². The summed E-state index contributed by atoms with van der Waals surface area (Å²) >= 11 is 1.14. The maximum absolute atomic E-state index is 13.0. The number of aliphatic carboxylic acids is 1. The molecule has 7 heteroatoms. The number of nitrogens with zero attached hydrogens (tertiary/aromatic N) is 1. The van der Waals surface area contributed by atoms with Crippen LogP contribution in [0.4, 0.5) is 9.52 Å². The number of halogens is 1. The van der Waals surface area contributed by atoms with E-state index in [1.165, 1.54) is 18.2 Å². The van der Waals surface area contributed by atoms with Crippen LogP contribution < -0.4 is 5.32 Å². The quantitative estimate of drug-likeness (QED) is 0.908. The number of thiazole rings is 1. The second kappa shape index (κ2) is 5.79. The lowest BCUT2D eigenvalue weighted by atomic mass is 10.1. The van der Waals surface area contributed by atoms with Gasteiger partial charge >= 0.3 is 5.97 Å². The van der Waals surface area contributed by atoms with E-state index in [0.717, 1.165) is 11.3 Å². The van der Waals surface area contributed by atoms with Crippen LogP contribution in [0.25, 0.3) is 0 Å². The topological polar surface area (TPSA) is 79.3 Å². The molecule has 0 fully saturated rings. The Hall–Kier alpha value is -2.28. The van der Waals surface area contributed by atoms with Crippen molar-refractivity contribution in [3.63, 3.8) is 0 Å². The number of benzene rings is 1. The van der Waals surface area contributed by atoms with Crippen molar-refractivity contribution >= 4 is 28.3 Å². The fourth-order valence-corrected chi connectivity index (χ4v) is 2.35. The molecule has 0 unspecified atom stereocenters. The van der Waals surface area contributed by atoms with Gasteiger partial charge in [-0.1, -0.05) is 0 Å². The summed E-state index contributed by atoms with van der Waals surface area (Å²) in [7, 11) is 0. The van der Waals surface area contributed by atoms with Gasteiger partial charge in [0.1, 0.15) is 5.82 Å². The van der Waals surface area contributed by atoms with Crippen LogP contribution in [0.15, 0.2) is 23.6 Å². The number of nitrogens with one attached hydrogen (secondary N) is 1. The highest BCUT2D eigenvalue weighted by molar-refractivity contribution is 7.14. The summed E-state index contributed by atoms with van der Waals surface area (Å²) in [5, 5.41) is 13.1. The van der Waals surface area contributed by atoms with Crippen LogP contribution in [-0.2, 0) is 11.2 Å². The number of carboxylic acid groups (broad SMARTS) is 1. The number of anilines is 1. The molecule has 0 saturated carbocycles. The van der Waals surface area contributed by atoms with E-state index in [4.69, 9.17) is 5.11 Å². The van der Waals surface area contributed by atoms with Crippen LogP contribution in [0.2, 0.25) is 0 Å². The Morgan fingerprint density at radius 1 is 1.45 bits per heavy atom. The SMILES string of the molecule is Cc1cc(F)ccc1C(=O)Nc1nc(CC(=O)O)cs1. The summed E-state index contributed by atoms with van der Waals surface area (Å²) in [5.74, 6) is -1.79. The minimum atomic E-state index is -0.984. The van der Waals surface area contributed by atoms with Gasteiger partial charge in [-0.2, -0.15) is 0 Å². The molecule has 2 N–H and O–H groups in total. The van der Waals surface area contributed by atoms with Gasteiger partial charge in [0.05, 0.1) is 12.1 Å². The number of hydrogen-bond acceptors (Lipinski definition) is 4. The third-order valence-electron chi connectivity index (χ3n) is 2.54. The molecule has 5 nitrogen and oxygen atoms in total. The van der Waals surface area contributed by atoms with Crippen molar-refractivity contribution in [3.8, 4) is 0 Å². The van der Waals surface area contributed by atoms with Crippen molar-refractivity contribution in [2.24, 2.45) is 0 Å². The molecule has 2 aromatic rings. The van der Waals surface area contributed by atoms with Crippen LogP contribution in [0.3, 0.4) is 0 Å². The lowest BCUT2D eigenvalue weighted by Crippen LogP contribution is -2.13. The normalized spacial score (nSPS) is 10.3. The molecule has 0 bridgehead atoms. The third kappa shape index (κ3) is 3.39. The standard InChI is InChI=1S/C13H11FN2O3S/c1-7-4-8(14)2-3-10(7)12(19)16-13-15-9(6-20-13)5-11(17)18/h2-4,6H,5H2,1H3,(H,17,18)(H,15,16,19). The minimum Gasteiger partial charge on any atom is -0.481 e. The zero-order valence-corrected chi connectivity index (χ0v) is 11.3. The van der Waals surface area contributed by atoms with Crippen LogP contribution >= 0.6 is 11.3 Å². The van der Waals surface area contributed by atoms with Crippen molar-refractivity contribution in [2.45, 2.75) is 13.3 Å². The summed E-state index contributed by atoms with van der Waals surface area (Å²) in [6.45, 7) is 1.63. The van der Waals surface area contributed by atoms with E-state index in [1.54, 1.807) is 12.3 Å². The van der Waals surface area contributed by atoms with Gasteiger partial charge in [-0.15, -0.1) is 11.3 Å². The predicted molar refractivity (Wildman–Crippen MR) is 72.5 cm³/mol. The average Bonchev–Trinajstić information content (AvgIpc) is 2.75. The highest BCUT2D eigenvalue weighted by Gasteiger charge is 2.12. The fourth-order valence-electron chi connectivity index (χ4n) is 1.65. The largest absolute Gasteiger partial charge is 0.481 e. The molecule has 2 rings (SSSR count). The summed E-state index contributed by atoms with van der Waals surface area (Å²) in [6.07, 6.45) is -0.193. The first-order chi connectivity index (χ1) is 9.45. The molecule has 0 saturated heterocycles. The van der Waals surface area contributed by atoms with Gasteiger partial charge in [0.2, 0.25) is 0 Å². The van der Waals surface area contributed by atoms with Crippen LogP contribution in [0, 0.1) is 12.7 Å². The molecule has 104 valence electrons. The number of rotatable bonds is 4. The molecule has 0 aliphatic heterocycles. The van der Waals surface area contributed by atoms with Gasteiger partial charge in [0, 0.05) is 10.9 Å². The summed E-state index contributed by atoms with van der Waals surface area (Å²) in [5.41, 5.74) is 1.25. The van der Waals surface area contributed by atoms with E-state index in [-0.39, 0.29) is 6.42 Å². The zero-order chi connectivity index (χ0) is 14.7.